The number of aromatic nitrogens is 1. The van der Waals surface area contributed by atoms with Gasteiger partial charge >= 0.3 is 6.18 Å². The van der Waals surface area contributed by atoms with Gasteiger partial charge in [-0.25, -0.2) is 4.39 Å². The maximum Gasteiger partial charge on any atom is 0.419 e. The van der Waals surface area contributed by atoms with Gasteiger partial charge in [0.1, 0.15) is 11.9 Å². The molecule has 2 aliphatic carbocycles. The first kappa shape index (κ1) is 31.6. The highest BCUT2D eigenvalue weighted by Crippen LogP contribution is 2.61. The van der Waals surface area contributed by atoms with Crippen molar-refractivity contribution in [3.63, 3.8) is 0 Å². The third-order valence-corrected chi connectivity index (χ3v) is 15.2. The van der Waals surface area contributed by atoms with Gasteiger partial charge in [-0.05, 0) is 78.4 Å². The van der Waals surface area contributed by atoms with Crippen LogP contribution in [0.4, 0.5) is 17.6 Å². The molecule has 1 aromatic heterocycles. The molecule has 5 rings (SSSR count). The average molecular weight is 606 g/mol. The first-order valence-corrected chi connectivity index (χ1v) is 18.5. The number of hydrogen-bond acceptors (Lipinski definition) is 3. The summed E-state index contributed by atoms with van der Waals surface area (Å²) in [5, 5.41) is 0.0174. The molecule has 0 saturated heterocycles. The van der Waals surface area contributed by atoms with Gasteiger partial charge in [-0.15, -0.1) is 0 Å². The minimum absolute atomic E-state index is 0.0174. The summed E-state index contributed by atoms with van der Waals surface area (Å²) < 4.78 is 69.6. The Morgan fingerprint density at radius 1 is 1.10 bits per heavy atom. The predicted octanol–water partition coefficient (Wildman–Crippen LogP) is 10.7. The van der Waals surface area contributed by atoms with Crippen molar-refractivity contribution in [3.8, 4) is 0 Å². The Kier molecular flexibility index (Phi) is 7.84. The summed E-state index contributed by atoms with van der Waals surface area (Å²) in [6.07, 6.45) is 0.806. The number of ether oxygens (including phenoxy) is 1. The molecular formula is C34H47F4NO2Si. The Balaban J connectivity index is 1.78. The lowest BCUT2D eigenvalue weighted by Gasteiger charge is -2.46. The number of alkyl halides is 3. The monoisotopic (exact) mass is 605 g/mol. The van der Waals surface area contributed by atoms with Gasteiger partial charge in [-0.2, -0.15) is 13.2 Å². The molecule has 8 heteroatoms. The van der Waals surface area contributed by atoms with E-state index in [9.17, 15) is 17.6 Å². The van der Waals surface area contributed by atoms with Crippen LogP contribution in [0, 0.1) is 11.2 Å². The number of fused-ring (bicyclic) bond motifs is 4. The number of nitrogens with zero attached hydrogens (tertiary/aromatic N) is 1. The van der Waals surface area contributed by atoms with E-state index >= 15 is 0 Å². The summed E-state index contributed by atoms with van der Waals surface area (Å²) in [6.45, 7) is 20.1. The van der Waals surface area contributed by atoms with Gasteiger partial charge in [-0.1, -0.05) is 73.8 Å². The average Bonchev–Trinajstić information content (AvgIpc) is 3.47. The van der Waals surface area contributed by atoms with Crippen molar-refractivity contribution < 1.29 is 26.7 Å². The van der Waals surface area contributed by atoms with Crippen molar-refractivity contribution >= 4 is 8.32 Å². The van der Waals surface area contributed by atoms with Crippen molar-refractivity contribution in [2.24, 2.45) is 5.41 Å². The smallest absolute Gasteiger partial charge is 0.410 e. The predicted molar refractivity (Wildman–Crippen MR) is 161 cm³/mol. The zero-order chi connectivity index (χ0) is 31.0. The van der Waals surface area contributed by atoms with Crippen LogP contribution >= 0.6 is 0 Å². The van der Waals surface area contributed by atoms with E-state index in [0.717, 1.165) is 85.2 Å². The Hall–Kier alpha value is -1.77. The fourth-order valence-corrected chi connectivity index (χ4v) is 8.37. The van der Waals surface area contributed by atoms with E-state index in [0.29, 0.717) is 5.56 Å². The molecule has 232 valence electrons. The van der Waals surface area contributed by atoms with Crippen molar-refractivity contribution in [1.82, 2.24) is 4.98 Å². The zero-order valence-corrected chi connectivity index (χ0v) is 27.7. The van der Waals surface area contributed by atoms with Gasteiger partial charge in [0, 0.05) is 22.5 Å². The first-order valence-electron chi connectivity index (χ1n) is 15.6. The van der Waals surface area contributed by atoms with Crippen molar-refractivity contribution in [2.75, 3.05) is 0 Å². The molecule has 42 heavy (non-hydrogen) atoms. The van der Waals surface area contributed by atoms with Crippen LogP contribution in [0.3, 0.4) is 0 Å². The standard InChI is InChI=1S/C34H47F4NO2Si/c1-10-32(7)18-24-26(25(19-32)41-42(8,9)31(4,5)6)28-27(29(39-24)20(2)3)30(40-33(28)15-11-12-16-33)21-13-14-22(23(35)17-21)34(36,37)38/h13-14,17,20,25,30H,10-12,15-16,18-19H2,1-9H3. The van der Waals surface area contributed by atoms with Crippen LogP contribution < -0.4 is 0 Å². The molecule has 0 radical (unpaired) electrons. The molecule has 3 unspecified atom stereocenters. The molecule has 0 bridgehead atoms. The van der Waals surface area contributed by atoms with Gasteiger partial charge < -0.3 is 9.16 Å². The molecule has 3 atom stereocenters. The third-order valence-electron chi connectivity index (χ3n) is 10.7. The molecule has 2 heterocycles. The van der Waals surface area contributed by atoms with Crippen LogP contribution in [0.5, 0.6) is 0 Å². The van der Waals surface area contributed by atoms with Crippen molar-refractivity contribution in [2.45, 2.75) is 141 Å². The van der Waals surface area contributed by atoms with Crippen LogP contribution in [-0.4, -0.2) is 13.3 Å². The molecule has 1 saturated carbocycles. The highest BCUT2D eigenvalue weighted by Gasteiger charge is 2.54. The van der Waals surface area contributed by atoms with Gasteiger partial charge in [0.05, 0.1) is 17.3 Å². The lowest BCUT2D eigenvalue weighted by Crippen LogP contribution is -2.44. The minimum atomic E-state index is -4.76. The topological polar surface area (TPSA) is 31.4 Å². The maximum absolute atomic E-state index is 15.0. The van der Waals surface area contributed by atoms with E-state index in [1.165, 1.54) is 6.07 Å². The van der Waals surface area contributed by atoms with Gasteiger partial charge in [0.2, 0.25) is 0 Å². The van der Waals surface area contributed by atoms with E-state index in [-0.39, 0.29) is 22.5 Å². The summed E-state index contributed by atoms with van der Waals surface area (Å²) >= 11 is 0. The maximum atomic E-state index is 15.0. The highest BCUT2D eigenvalue weighted by molar-refractivity contribution is 6.74. The highest BCUT2D eigenvalue weighted by atomic mass is 28.4. The lowest BCUT2D eigenvalue weighted by atomic mass is 9.68. The van der Waals surface area contributed by atoms with E-state index in [1.807, 2.05) is 0 Å². The molecular weight excluding hydrogens is 558 g/mol. The molecule has 2 aromatic rings. The zero-order valence-electron chi connectivity index (χ0n) is 26.7. The fraction of sp³-hybridized carbons (Fsp3) is 0.676. The number of benzene rings is 1. The molecule has 1 aliphatic heterocycles. The van der Waals surface area contributed by atoms with Crippen molar-refractivity contribution in [1.29, 1.82) is 0 Å². The van der Waals surface area contributed by atoms with Crippen LogP contribution in [-0.2, 0) is 27.4 Å². The summed E-state index contributed by atoms with van der Waals surface area (Å²) in [5.74, 6) is -1.21. The van der Waals surface area contributed by atoms with E-state index in [2.05, 4.69) is 61.6 Å². The summed E-state index contributed by atoms with van der Waals surface area (Å²) in [4.78, 5) is 5.36. The van der Waals surface area contributed by atoms with Crippen LogP contribution in [0.2, 0.25) is 18.1 Å². The van der Waals surface area contributed by atoms with E-state index < -0.39 is 37.6 Å². The van der Waals surface area contributed by atoms with Crippen LogP contribution in [0.1, 0.15) is 144 Å². The third kappa shape index (κ3) is 5.27. The Morgan fingerprint density at radius 2 is 1.74 bits per heavy atom. The molecule has 3 nitrogen and oxygen atoms in total. The van der Waals surface area contributed by atoms with Gasteiger partial charge in [0.15, 0.2) is 8.32 Å². The van der Waals surface area contributed by atoms with Crippen LogP contribution in [0.25, 0.3) is 0 Å². The summed E-state index contributed by atoms with van der Waals surface area (Å²) in [5.41, 5.74) is 3.80. The fourth-order valence-electron chi connectivity index (χ4n) is 7.11. The molecule has 1 aromatic carbocycles. The SMILES string of the molecule is CCC1(C)Cc2nc(C(C)C)c3c(c2C(O[Si](C)(C)C(C)(C)C)C1)C1(CCCC1)OC3c1ccc(C(F)(F)F)c(F)c1. The molecule has 1 fully saturated rings. The second kappa shape index (κ2) is 10.4. The number of pyridine rings is 1. The Morgan fingerprint density at radius 3 is 2.26 bits per heavy atom. The number of hydrogen-bond donors (Lipinski definition) is 0. The minimum Gasteiger partial charge on any atom is -0.410 e. The van der Waals surface area contributed by atoms with Gasteiger partial charge in [-0.3, -0.25) is 4.98 Å². The normalized spacial score (nSPS) is 25.8. The largest absolute Gasteiger partial charge is 0.419 e. The lowest BCUT2D eigenvalue weighted by molar-refractivity contribution is -0.140. The summed E-state index contributed by atoms with van der Waals surface area (Å²) in [6, 6.07) is 3.26. The molecule has 0 N–H and O–H groups in total. The van der Waals surface area contributed by atoms with E-state index in [1.54, 1.807) is 0 Å². The quantitative estimate of drug-likeness (QED) is 0.251. The number of rotatable bonds is 5. The molecule has 1 spiro atoms. The van der Waals surface area contributed by atoms with Gasteiger partial charge in [0.25, 0.3) is 0 Å². The van der Waals surface area contributed by atoms with E-state index in [4.69, 9.17) is 14.1 Å². The molecule has 3 aliphatic rings. The first-order chi connectivity index (χ1) is 19.3. The Labute approximate surface area is 249 Å². The van der Waals surface area contributed by atoms with Crippen LogP contribution in [0.15, 0.2) is 18.2 Å². The molecule has 0 amide bonds. The van der Waals surface area contributed by atoms with Crippen molar-refractivity contribution in [3.05, 3.63) is 63.2 Å². The second-order valence-electron chi connectivity index (χ2n) is 15.1. The number of halogens is 4. The Bertz CT molecular complexity index is 1360. The summed E-state index contributed by atoms with van der Waals surface area (Å²) in [7, 11) is -2.19. The second-order valence-corrected chi connectivity index (χ2v) is 19.9.